The number of morpholine rings is 1. The van der Waals surface area contributed by atoms with Crippen LogP contribution in [0.4, 0.5) is 4.39 Å². The van der Waals surface area contributed by atoms with Crippen LogP contribution in [0.25, 0.3) is 0 Å². The number of rotatable bonds is 6. The number of carbonyl (C=O) groups is 1. The Kier molecular flexibility index (Phi) is 6.42. The summed E-state index contributed by atoms with van der Waals surface area (Å²) in [5.41, 5.74) is 3.06. The van der Waals surface area contributed by atoms with Crippen LogP contribution in [0.2, 0.25) is 0 Å². The standard InChI is InChI=1S/C21H26FN3O3S/c1-15-20(23-14-29-15)11-24-8-6-17(7-9-24)25-10-19(28-13-21(25)26)12-27-18-4-2-16(22)3-5-18/h2-5,14,17,19H,6-13H2,1H3. The highest BCUT2D eigenvalue weighted by Gasteiger charge is 2.34. The average molecular weight is 420 g/mol. The summed E-state index contributed by atoms with van der Waals surface area (Å²) in [7, 11) is 0. The molecule has 0 aliphatic carbocycles. The van der Waals surface area contributed by atoms with Gasteiger partial charge in [0.05, 0.1) is 17.7 Å². The Morgan fingerprint density at radius 3 is 2.72 bits per heavy atom. The van der Waals surface area contributed by atoms with E-state index in [1.165, 1.54) is 17.0 Å². The zero-order valence-corrected chi connectivity index (χ0v) is 17.4. The van der Waals surface area contributed by atoms with Crippen molar-refractivity contribution in [2.45, 2.75) is 38.5 Å². The Hall–Kier alpha value is -2.03. The van der Waals surface area contributed by atoms with Crippen molar-refractivity contribution in [1.29, 1.82) is 0 Å². The summed E-state index contributed by atoms with van der Waals surface area (Å²) in [6.45, 7) is 5.89. The van der Waals surface area contributed by atoms with Crippen molar-refractivity contribution >= 4 is 17.2 Å². The molecule has 1 unspecified atom stereocenters. The number of likely N-dealkylation sites (tertiary alicyclic amines) is 1. The van der Waals surface area contributed by atoms with Crippen molar-refractivity contribution in [3.63, 3.8) is 0 Å². The number of carbonyl (C=O) groups excluding carboxylic acids is 1. The third kappa shape index (κ3) is 5.12. The summed E-state index contributed by atoms with van der Waals surface area (Å²) in [6.07, 6.45) is 1.74. The predicted octanol–water partition coefficient (Wildman–Crippen LogP) is 2.86. The molecule has 0 bridgehead atoms. The highest BCUT2D eigenvalue weighted by atomic mass is 32.1. The Morgan fingerprint density at radius 2 is 2.03 bits per heavy atom. The maximum Gasteiger partial charge on any atom is 0.248 e. The molecule has 0 radical (unpaired) electrons. The molecule has 2 aromatic rings. The van der Waals surface area contributed by atoms with Crippen LogP contribution in [-0.4, -0.2) is 65.7 Å². The van der Waals surface area contributed by atoms with Crippen LogP contribution >= 0.6 is 11.3 Å². The van der Waals surface area contributed by atoms with Crippen LogP contribution in [0.1, 0.15) is 23.4 Å². The maximum absolute atomic E-state index is 13.0. The summed E-state index contributed by atoms with van der Waals surface area (Å²) >= 11 is 1.69. The maximum atomic E-state index is 13.0. The number of halogens is 1. The number of piperidine rings is 1. The number of aryl methyl sites for hydroxylation is 1. The first-order valence-electron chi connectivity index (χ1n) is 9.99. The minimum absolute atomic E-state index is 0.0526. The van der Waals surface area contributed by atoms with Crippen molar-refractivity contribution in [2.24, 2.45) is 0 Å². The second-order valence-corrected chi connectivity index (χ2v) is 8.67. The summed E-state index contributed by atoms with van der Waals surface area (Å²) < 4.78 is 24.4. The largest absolute Gasteiger partial charge is 0.491 e. The van der Waals surface area contributed by atoms with Crippen LogP contribution in [-0.2, 0) is 16.1 Å². The number of thiazole rings is 1. The van der Waals surface area contributed by atoms with Gasteiger partial charge in [0.15, 0.2) is 0 Å². The summed E-state index contributed by atoms with van der Waals surface area (Å²) in [6, 6.07) is 6.18. The molecule has 156 valence electrons. The summed E-state index contributed by atoms with van der Waals surface area (Å²) in [5.74, 6) is 0.361. The van der Waals surface area contributed by atoms with Crippen LogP contribution in [0.5, 0.6) is 5.75 Å². The number of ether oxygens (including phenoxy) is 2. The second kappa shape index (κ2) is 9.19. The van der Waals surface area contributed by atoms with Crippen molar-refractivity contribution in [2.75, 3.05) is 32.8 Å². The molecular weight excluding hydrogens is 393 g/mol. The smallest absolute Gasteiger partial charge is 0.248 e. The van der Waals surface area contributed by atoms with Crippen LogP contribution in [0, 0.1) is 12.7 Å². The van der Waals surface area contributed by atoms with Gasteiger partial charge in [-0.2, -0.15) is 0 Å². The highest BCUT2D eigenvalue weighted by Crippen LogP contribution is 2.23. The lowest BCUT2D eigenvalue weighted by molar-refractivity contribution is -0.155. The third-order valence-corrected chi connectivity index (χ3v) is 6.43. The van der Waals surface area contributed by atoms with E-state index < -0.39 is 0 Å². The monoisotopic (exact) mass is 419 g/mol. The van der Waals surface area contributed by atoms with Gasteiger partial charge in [0.25, 0.3) is 0 Å². The molecule has 4 rings (SSSR count). The lowest BCUT2D eigenvalue weighted by atomic mass is 10.0. The number of hydrogen-bond acceptors (Lipinski definition) is 6. The zero-order chi connectivity index (χ0) is 20.2. The molecule has 1 atom stereocenters. The van der Waals surface area contributed by atoms with Gasteiger partial charge >= 0.3 is 0 Å². The number of benzene rings is 1. The Bertz CT molecular complexity index is 821. The molecule has 6 nitrogen and oxygen atoms in total. The molecule has 0 N–H and O–H groups in total. The third-order valence-electron chi connectivity index (χ3n) is 5.63. The normalized spacial score (nSPS) is 21.5. The topological polar surface area (TPSA) is 54.9 Å². The number of nitrogens with zero attached hydrogens (tertiary/aromatic N) is 3. The van der Waals surface area contributed by atoms with E-state index in [9.17, 15) is 9.18 Å². The van der Waals surface area contributed by atoms with Gasteiger partial charge in [-0.25, -0.2) is 9.37 Å². The van der Waals surface area contributed by atoms with E-state index in [1.54, 1.807) is 23.5 Å². The summed E-state index contributed by atoms with van der Waals surface area (Å²) in [4.78, 5) is 22.5. The lowest BCUT2D eigenvalue weighted by Crippen LogP contribution is -2.55. The highest BCUT2D eigenvalue weighted by molar-refractivity contribution is 7.09. The Balaban J connectivity index is 1.27. The van der Waals surface area contributed by atoms with Crippen LogP contribution < -0.4 is 4.74 Å². The lowest BCUT2D eigenvalue weighted by Gasteiger charge is -2.42. The molecule has 29 heavy (non-hydrogen) atoms. The first-order valence-corrected chi connectivity index (χ1v) is 10.9. The van der Waals surface area contributed by atoms with Gasteiger partial charge in [-0.15, -0.1) is 11.3 Å². The Morgan fingerprint density at radius 1 is 1.28 bits per heavy atom. The fourth-order valence-corrected chi connectivity index (χ4v) is 4.49. The number of amides is 1. The van der Waals surface area contributed by atoms with E-state index in [2.05, 4.69) is 16.8 Å². The molecule has 2 fully saturated rings. The van der Waals surface area contributed by atoms with E-state index >= 15 is 0 Å². The number of aromatic nitrogens is 1. The van der Waals surface area contributed by atoms with Crippen LogP contribution in [0.15, 0.2) is 29.8 Å². The van der Waals surface area contributed by atoms with Crippen molar-refractivity contribution in [3.05, 3.63) is 46.2 Å². The van der Waals surface area contributed by atoms with Crippen molar-refractivity contribution < 1.29 is 18.7 Å². The molecule has 2 saturated heterocycles. The van der Waals surface area contributed by atoms with E-state index in [1.807, 2.05) is 10.4 Å². The first-order chi connectivity index (χ1) is 14.1. The van der Waals surface area contributed by atoms with E-state index in [0.717, 1.165) is 38.2 Å². The molecular formula is C21H26FN3O3S. The van der Waals surface area contributed by atoms with Gasteiger partial charge in [0, 0.05) is 30.6 Å². The van der Waals surface area contributed by atoms with Gasteiger partial charge in [0.2, 0.25) is 5.91 Å². The Labute approximate surface area is 174 Å². The fourth-order valence-electron chi connectivity index (χ4n) is 3.90. The molecule has 8 heteroatoms. The minimum Gasteiger partial charge on any atom is -0.491 e. The van der Waals surface area contributed by atoms with Crippen molar-refractivity contribution in [3.8, 4) is 5.75 Å². The molecule has 2 aliphatic rings. The zero-order valence-electron chi connectivity index (χ0n) is 16.6. The van der Waals surface area contributed by atoms with Gasteiger partial charge in [-0.1, -0.05) is 0 Å². The van der Waals surface area contributed by atoms with Crippen molar-refractivity contribution in [1.82, 2.24) is 14.8 Å². The fraction of sp³-hybridized carbons (Fsp3) is 0.524. The minimum atomic E-state index is -0.292. The van der Waals surface area contributed by atoms with Gasteiger partial charge in [-0.05, 0) is 44.0 Å². The average Bonchev–Trinajstić information content (AvgIpc) is 3.14. The van der Waals surface area contributed by atoms with Crippen LogP contribution in [0.3, 0.4) is 0 Å². The first kappa shape index (κ1) is 20.3. The number of hydrogen-bond donors (Lipinski definition) is 0. The predicted molar refractivity (Wildman–Crippen MR) is 108 cm³/mol. The second-order valence-electron chi connectivity index (χ2n) is 7.61. The molecule has 0 spiro atoms. The van der Waals surface area contributed by atoms with Gasteiger partial charge in [0.1, 0.15) is 30.9 Å². The molecule has 1 aromatic heterocycles. The van der Waals surface area contributed by atoms with Gasteiger partial charge < -0.3 is 14.4 Å². The van der Waals surface area contributed by atoms with E-state index in [0.29, 0.717) is 18.9 Å². The SMILES string of the molecule is Cc1scnc1CN1CCC(N2CC(COc3ccc(F)cc3)OCC2=O)CC1. The molecule has 0 saturated carbocycles. The molecule has 2 aliphatic heterocycles. The molecule has 1 aromatic carbocycles. The van der Waals surface area contributed by atoms with E-state index in [4.69, 9.17) is 9.47 Å². The quantitative estimate of drug-likeness (QED) is 0.721. The molecule has 1 amide bonds. The van der Waals surface area contributed by atoms with Gasteiger partial charge in [-0.3, -0.25) is 9.69 Å². The van der Waals surface area contributed by atoms with E-state index in [-0.39, 0.29) is 30.5 Å². The molecule has 3 heterocycles. The summed E-state index contributed by atoms with van der Waals surface area (Å²) in [5, 5.41) is 0.